The highest BCUT2D eigenvalue weighted by atomic mass is 19.2. The maximum atomic E-state index is 14.2. The number of esters is 1. The average molecular weight is 370 g/mol. The van der Waals surface area contributed by atoms with Crippen LogP contribution in [0.5, 0.6) is 5.75 Å². The molecule has 8 nitrogen and oxygen atoms in total. The molecule has 0 N–H and O–H groups in total. The molecule has 2 aromatic rings. The van der Waals surface area contributed by atoms with E-state index in [1.165, 1.54) is 6.92 Å². The highest BCUT2D eigenvalue weighted by Gasteiger charge is 2.35. The number of benzene rings is 1. The van der Waals surface area contributed by atoms with Crippen LogP contribution in [0.15, 0.2) is 17.3 Å². The number of nitro benzene ring substituents is 1. The zero-order chi connectivity index (χ0) is 19.2. The first-order valence-corrected chi connectivity index (χ1v) is 7.17. The summed E-state index contributed by atoms with van der Waals surface area (Å²) < 4.78 is 52.0. The van der Waals surface area contributed by atoms with Gasteiger partial charge >= 0.3 is 11.7 Å². The summed E-state index contributed by atoms with van der Waals surface area (Å²) in [6.45, 7) is 0.166. The van der Waals surface area contributed by atoms with Crippen molar-refractivity contribution in [3.63, 3.8) is 0 Å². The van der Waals surface area contributed by atoms with Gasteiger partial charge in [-0.05, 0) is 6.92 Å². The number of allylic oxidation sites excluding steroid dienone is 1. The van der Waals surface area contributed by atoms with Gasteiger partial charge in [-0.15, -0.1) is 0 Å². The Kier molecular flexibility index (Phi) is 4.14. The van der Waals surface area contributed by atoms with Gasteiger partial charge in [0, 0.05) is 6.20 Å². The fraction of sp³-hybridized carbons (Fsp3) is 0.200. The average Bonchev–Trinajstić information content (AvgIpc) is 2.60. The SMILES string of the molecule is CCOC(=O)c1cn2c3c(c(F)c(F)c([N+](=O)[O-])c3c1=O)OC=C2CF. The molecular weight excluding hydrogens is 361 g/mol. The second-order valence-corrected chi connectivity index (χ2v) is 5.11. The van der Waals surface area contributed by atoms with Gasteiger partial charge in [0.05, 0.1) is 17.2 Å². The third kappa shape index (κ3) is 2.31. The molecule has 1 aliphatic heterocycles. The normalized spacial score (nSPS) is 12.5. The minimum absolute atomic E-state index is 0.115. The third-order valence-corrected chi connectivity index (χ3v) is 3.70. The molecule has 26 heavy (non-hydrogen) atoms. The number of hydrogen-bond acceptors (Lipinski definition) is 6. The molecule has 0 saturated heterocycles. The van der Waals surface area contributed by atoms with E-state index in [9.17, 15) is 32.9 Å². The molecule has 0 saturated carbocycles. The number of pyridine rings is 1. The van der Waals surface area contributed by atoms with Crippen molar-refractivity contribution in [2.45, 2.75) is 6.92 Å². The number of carbonyl (C=O) groups excluding carboxylic acids is 1. The molecule has 0 radical (unpaired) electrons. The van der Waals surface area contributed by atoms with Crippen LogP contribution < -0.4 is 10.2 Å². The Bertz CT molecular complexity index is 1060. The van der Waals surface area contributed by atoms with Crippen molar-refractivity contribution in [1.29, 1.82) is 0 Å². The number of nitro groups is 1. The smallest absolute Gasteiger partial charge is 0.343 e. The summed E-state index contributed by atoms with van der Waals surface area (Å²) in [4.78, 5) is 34.5. The lowest BCUT2D eigenvalue weighted by atomic mass is 10.1. The predicted octanol–water partition coefficient (Wildman–Crippen LogP) is 2.52. The molecule has 1 aromatic carbocycles. The lowest BCUT2D eigenvalue weighted by molar-refractivity contribution is -0.386. The molecule has 2 heterocycles. The Morgan fingerprint density at radius 2 is 2.08 bits per heavy atom. The molecule has 11 heteroatoms. The zero-order valence-corrected chi connectivity index (χ0v) is 13.0. The van der Waals surface area contributed by atoms with Gasteiger partial charge in [-0.1, -0.05) is 0 Å². The first-order chi connectivity index (χ1) is 12.3. The minimum Gasteiger partial charge on any atom is -0.462 e. The van der Waals surface area contributed by atoms with Crippen molar-refractivity contribution in [1.82, 2.24) is 4.57 Å². The van der Waals surface area contributed by atoms with E-state index >= 15 is 0 Å². The van der Waals surface area contributed by atoms with Crippen LogP contribution in [-0.4, -0.2) is 28.7 Å². The Morgan fingerprint density at radius 3 is 2.65 bits per heavy atom. The number of alkyl halides is 1. The van der Waals surface area contributed by atoms with Crippen molar-refractivity contribution in [2.75, 3.05) is 13.3 Å². The topological polar surface area (TPSA) is 101 Å². The Morgan fingerprint density at radius 1 is 1.38 bits per heavy atom. The number of halogens is 3. The third-order valence-electron chi connectivity index (χ3n) is 3.70. The van der Waals surface area contributed by atoms with E-state index in [1.807, 2.05) is 0 Å². The number of carbonyl (C=O) groups is 1. The largest absolute Gasteiger partial charge is 0.462 e. The number of nitrogens with zero attached hydrogens (tertiary/aromatic N) is 2. The van der Waals surface area contributed by atoms with Gasteiger partial charge in [-0.25, -0.2) is 9.18 Å². The van der Waals surface area contributed by atoms with E-state index in [2.05, 4.69) is 0 Å². The van der Waals surface area contributed by atoms with Crippen molar-refractivity contribution < 1.29 is 32.4 Å². The Balaban J connectivity index is 2.58. The van der Waals surface area contributed by atoms with E-state index in [0.29, 0.717) is 0 Å². The zero-order valence-electron chi connectivity index (χ0n) is 13.0. The molecule has 0 unspecified atom stereocenters. The summed E-state index contributed by atoms with van der Waals surface area (Å²) in [6.07, 6.45) is 1.59. The molecule has 136 valence electrons. The van der Waals surface area contributed by atoms with Gasteiger partial charge in [0.1, 0.15) is 29.4 Å². The maximum absolute atomic E-state index is 14.2. The molecule has 0 spiro atoms. The van der Waals surface area contributed by atoms with Crippen LogP contribution in [0.2, 0.25) is 0 Å². The van der Waals surface area contributed by atoms with Gasteiger partial charge in [0.2, 0.25) is 17.1 Å². The number of ether oxygens (including phenoxy) is 2. The van der Waals surface area contributed by atoms with E-state index in [4.69, 9.17) is 9.47 Å². The molecule has 3 rings (SSSR count). The van der Waals surface area contributed by atoms with Gasteiger partial charge in [0.15, 0.2) is 5.75 Å². The molecule has 0 fully saturated rings. The van der Waals surface area contributed by atoms with Crippen LogP contribution >= 0.6 is 0 Å². The summed E-state index contributed by atoms with van der Waals surface area (Å²) in [7, 11) is 0. The highest BCUT2D eigenvalue weighted by molar-refractivity contribution is 6.01. The van der Waals surface area contributed by atoms with Crippen LogP contribution in [0.1, 0.15) is 17.3 Å². The van der Waals surface area contributed by atoms with Crippen molar-refractivity contribution >= 4 is 28.3 Å². The van der Waals surface area contributed by atoms with E-state index in [-0.39, 0.29) is 12.3 Å². The lowest BCUT2D eigenvalue weighted by Crippen LogP contribution is -2.24. The van der Waals surface area contributed by atoms with E-state index in [0.717, 1.165) is 17.0 Å². The highest BCUT2D eigenvalue weighted by Crippen LogP contribution is 2.40. The molecular formula is C15H9F3N2O6. The molecule has 1 aliphatic rings. The minimum atomic E-state index is -1.93. The van der Waals surface area contributed by atoms with Gasteiger partial charge in [-0.3, -0.25) is 14.9 Å². The van der Waals surface area contributed by atoms with E-state index in [1.54, 1.807) is 0 Å². The summed E-state index contributed by atoms with van der Waals surface area (Å²) in [6, 6.07) is 0. The Labute approximate surface area is 142 Å². The lowest BCUT2D eigenvalue weighted by Gasteiger charge is -2.21. The standard InChI is InChI=1S/C15H9F3N2O6/c1-2-25-15(22)7-4-19-6(3-16)5-26-14-10(18)9(17)11(20(23)24)8(12(14)19)13(7)21/h4-5H,2-3H2,1H3. The molecule has 0 atom stereocenters. The summed E-state index contributed by atoms with van der Waals surface area (Å²) >= 11 is 0. The first-order valence-electron chi connectivity index (χ1n) is 7.17. The first kappa shape index (κ1) is 17.5. The van der Waals surface area contributed by atoms with E-state index < -0.39 is 62.5 Å². The maximum Gasteiger partial charge on any atom is 0.343 e. The number of aromatic nitrogens is 1. The van der Waals surface area contributed by atoms with Crippen LogP contribution in [-0.2, 0) is 4.74 Å². The number of hydrogen-bond donors (Lipinski definition) is 0. The van der Waals surface area contributed by atoms with Crippen molar-refractivity contribution in [2.24, 2.45) is 0 Å². The molecule has 1 aromatic heterocycles. The predicted molar refractivity (Wildman–Crippen MR) is 81.6 cm³/mol. The number of rotatable bonds is 4. The second kappa shape index (κ2) is 6.17. The quantitative estimate of drug-likeness (QED) is 0.466. The van der Waals surface area contributed by atoms with Crippen molar-refractivity contribution in [3.05, 3.63) is 50.0 Å². The molecule has 0 bridgehead atoms. The van der Waals surface area contributed by atoms with Crippen LogP contribution in [0.25, 0.3) is 16.6 Å². The molecule has 0 amide bonds. The monoisotopic (exact) mass is 370 g/mol. The molecule has 0 aliphatic carbocycles. The second-order valence-electron chi connectivity index (χ2n) is 5.11. The fourth-order valence-electron chi connectivity index (χ4n) is 2.61. The summed E-state index contributed by atoms with van der Waals surface area (Å²) in [5.41, 5.74) is -4.27. The Hall–Kier alpha value is -3.37. The summed E-state index contributed by atoms with van der Waals surface area (Å²) in [5.74, 6) is -5.61. The van der Waals surface area contributed by atoms with Crippen LogP contribution in [0.4, 0.5) is 18.9 Å². The fourth-order valence-corrected chi connectivity index (χ4v) is 2.61. The summed E-state index contributed by atoms with van der Waals surface area (Å²) in [5, 5.41) is 10.3. The van der Waals surface area contributed by atoms with Gasteiger partial charge in [-0.2, -0.15) is 8.78 Å². The van der Waals surface area contributed by atoms with Crippen LogP contribution in [0, 0.1) is 21.7 Å². The van der Waals surface area contributed by atoms with Crippen molar-refractivity contribution in [3.8, 4) is 5.75 Å². The van der Waals surface area contributed by atoms with Gasteiger partial charge in [0.25, 0.3) is 0 Å². The van der Waals surface area contributed by atoms with Gasteiger partial charge < -0.3 is 14.0 Å². The van der Waals surface area contributed by atoms with Crippen LogP contribution in [0.3, 0.4) is 0 Å².